The van der Waals surface area contributed by atoms with Crippen molar-refractivity contribution in [3.63, 3.8) is 0 Å². The van der Waals surface area contributed by atoms with E-state index < -0.39 is 9.84 Å². The molecule has 2 aromatic carbocycles. The molecule has 2 heterocycles. The Labute approximate surface area is 203 Å². The first-order valence-corrected chi connectivity index (χ1v) is 14.7. The van der Waals surface area contributed by atoms with E-state index in [4.69, 9.17) is 0 Å². The van der Waals surface area contributed by atoms with Crippen molar-refractivity contribution in [1.82, 2.24) is 4.90 Å². The molecule has 0 radical (unpaired) electrons. The van der Waals surface area contributed by atoms with Crippen molar-refractivity contribution in [2.45, 2.75) is 54.1 Å². The maximum atomic E-state index is 14.2. The Balaban J connectivity index is 1.33. The van der Waals surface area contributed by atoms with Crippen LogP contribution in [0, 0.1) is 17.8 Å². The van der Waals surface area contributed by atoms with Gasteiger partial charge in [0.2, 0.25) is 0 Å². The van der Waals surface area contributed by atoms with Crippen molar-refractivity contribution < 1.29 is 8.42 Å². The lowest BCUT2D eigenvalue weighted by atomic mass is 9.50. The average Bonchev–Trinajstić information content (AvgIpc) is 2.89. The zero-order valence-corrected chi connectivity index (χ0v) is 20.4. The highest BCUT2D eigenvalue weighted by atomic mass is 32.2. The van der Waals surface area contributed by atoms with Crippen molar-refractivity contribution >= 4 is 9.84 Å². The van der Waals surface area contributed by atoms with Crippen LogP contribution >= 0.6 is 0 Å². The summed E-state index contributed by atoms with van der Waals surface area (Å²) in [5.41, 5.74) is 3.87. The molecule has 4 heteroatoms. The number of allylic oxidation sites excluding steroid dienone is 4. The van der Waals surface area contributed by atoms with E-state index >= 15 is 0 Å². The van der Waals surface area contributed by atoms with Gasteiger partial charge >= 0.3 is 0 Å². The van der Waals surface area contributed by atoms with Gasteiger partial charge in [-0.2, -0.15) is 0 Å². The van der Waals surface area contributed by atoms with Crippen LogP contribution in [-0.4, -0.2) is 37.7 Å². The van der Waals surface area contributed by atoms with E-state index in [-0.39, 0.29) is 28.4 Å². The van der Waals surface area contributed by atoms with Crippen molar-refractivity contribution in [3.05, 3.63) is 95.6 Å². The fraction of sp³-hybridized carbons (Fsp3) is 0.467. The third kappa shape index (κ3) is 2.94. The summed E-state index contributed by atoms with van der Waals surface area (Å²) in [5, 5.41) is -0.651. The maximum absolute atomic E-state index is 14.2. The van der Waals surface area contributed by atoms with Gasteiger partial charge in [-0.15, -0.1) is 0 Å². The number of hydrogen-bond acceptors (Lipinski definition) is 3. The monoisotopic (exact) mass is 471 g/mol. The Morgan fingerprint density at radius 1 is 0.765 bits per heavy atom. The van der Waals surface area contributed by atoms with Gasteiger partial charge < -0.3 is 0 Å². The Morgan fingerprint density at radius 2 is 1.44 bits per heavy atom. The van der Waals surface area contributed by atoms with Crippen molar-refractivity contribution in [3.8, 4) is 0 Å². The maximum Gasteiger partial charge on any atom is 0.163 e. The summed E-state index contributed by atoms with van der Waals surface area (Å²) in [4.78, 5) is 2.55. The minimum absolute atomic E-state index is 0.103. The first-order valence-electron chi connectivity index (χ1n) is 13.1. The van der Waals surface area contributed by atoms with Crippen LogP contribution in [0.4, 0.5) is 0 Å². The third-order valence-corrected chi connectivity index (χ3v) is 12.2. The lowest BCUT2D eigenvalue weighted by Crippen LogP contribution is -2.67. The summed E-state index contributed by atoms with van der Waals surface area (Å²) in [6.45, 7) is 2.07. The van der Waals surface area contributed by atoms with E-state index in [0.29, 0.717) is 17.8 Å². The Kier molecular flexibility index (Phi) is 4.93. The second kappa shape index (κ2) is 7.93. The molecular formula is C30H33NO2S. The molecule has 34 heavy (non-hydrogen) atoms. The summed E-state index contributed by atoms with van der Waals surface area (Å²) in [5.74, 6) is 1.81. The van der Waals surface area contributed by atoms with Gasteiger partial charge in [0, 0.05) is 6.04 Å². The molecule has 176 valence electrons. The molecule has 4 aliphatic carbocycles. The van der Waals surface area contributed by atoms with Gasteiger partial charge in [0.15, 0.2) is 9.84 Å². The quantitative estimate of drug-likeness (QED) is 0.581. The highest BCUT2D eigenvalue weighted by Crippen LogP contribution is 2.64. The van der Waals surface area contributed by atoms with Gasteiger partial charge in [-0.3, -0.25) is 4.90 Å². The number of hydrogen-bond donors (Lipinski definition) is 0. The predicted molar refractivity (Wildman–Crippen MR) is 136 cm³/mol. The van der Waals surface area contributed by atoms with Gasteiger partial charge in [0.1, 0.15) is 5.25 Å². The SMILES string of the molecule is O=S1(=O)C(c2ccccc2)C(N2CCCCC2)C1C1C[C@H]2c3ccccc3[C@@H]1C1C=CC=CC12. The lowest BCUT2D eigenvalue weighted by molar-refractivity contribution is 0.0747. The van der Waals surface area contributed by atoms with Crippen molar-refractivity contribution in [2.75, 3.05) is 13.1 Å². The number of rotatable bonds is 3. The van der Waals surface area contributed by atoms with Crippen LogP contribution < -0.4 is 0 Å². The minimum atomic E-state index is -3.26. The van der Waals surface area contributed by atoms with Gasteiger partial charge in [0.25, 0.3) is 0 Å². The molecule has 8 rings (SSSR count). The molecule has 6 aliphatic rings. The van der Waals surface area contributed by atoms with E-state index in [0.717, 1.165) is 25.1 Å². The van der Waals surface area contributed by atoms with Gasteiger partial charge in [-0.25, -0.2) is 8.42 Å². The summed E-state index contributed by atoms with van der Waals surface area (Å²) in [7, 11) is -3.26. The molecule has 3 fully saturated rings. The Bertz CT molecular complexity index is 1240. The number of benzene rings is 2. The normalized spacial score (nSPS) is 39.8. The number of piperidine rings is 1. The molecule has 2 bridgehead atoms. The van der Waals surface area contributed by atoms with Crippen LogP contribution in [0.25, 0.3) is 0 Å². The van der Waals surface area contributed by atoms with Crippen LogP contribution in [0.1, 0.15) is 59.5 Å². The van der Waals surface area contributed by atoms with Crippen LogP contribution in [0.3, 0.4) is 0 Å². The molecule has 0 N–H and O–H groups in total. The second-order valence-electron chi connectivity index (χ2n) is 11.1. The van der Waals surface area contributed by atoms with Crippen LogP contribution in [0.15, 0.2) is 78.9 Å². The summed E-state index contributed by atoms with van der Waals surface area (Å²) >= 11 is 0. The summed E-state index contributed by atoms with van der Waals surface area (Å²) < 4.78 is 28.4. The zero-order chi connectivity index (χ0) is 22.9. The Hall–Kier alpha value is -2.17. The highest BCUT2D eigenvalue weighted by Gasteiger charge is 2.65. The smallest absolute Gasteiger partial charge is 0.163 e. The molecule has 0 spiro atoms. The van der Waals surface area contributed by atoms with E-state index in [2.05, 4.69) is 53.5 Å². The first-order chi connectivity index (χ1) is 16.7. The fourth-order valence-corrected chi connectivity index (χ4v) is 11.1. The van der Waals surface area contributed by atoms with Gasteiger partial charge in [-0.05, 0) is 78.6 Å². The molecule has 6 unspecified atom stereocenters. The number of sulfone groups is 1. The molecule has 2 saturated heterocycles. The number of fused-ring (bicyclic) bond motifs is 1. The summed E-state index contributed by atoms with van der Waals surface area (Å²) in [6, 6.07) is 19.0. The molecule has 3 nitrogen and oxygen atoms in total. The first kappa shape index (κ1) is 21.1. The molecule has 2 aliphatic heterocycles. The highest BCUT2D eigenvalue weighted by molar-refractivity contribution is 7.93. The van der Waals surface area contributed by atoms with Crippen LogP contribution in [0.5, 0.6) is 0 Å². The third-order valence-electron chi connectivity index (χ3n) is 9.59. The van der Waals surface area contributed by atoms with Gasteiger partial charge in [-0.1, -0.05) is 85.3 Å². The van der Waals surface area contributed by atoms with Crippen LogP contribution in [-0.2, 0) is 9.84 Å². The lowest BCUT2D eigenvalue weighted by Gasteiger charge is -2.60. The van der Waals surface area contributed by atoms with E-state index in [1.165, 1.54) is 30.4 Å². The van der Waals surface area contributed by atoms with E-state index in [1.807, 2.05) is 30.3 Å². The number of likely N-dealkylation sites (tertiary alicyclic amines) is 1. The standard InChI is InChI=1S/C30H33NO2S/c32-34(33)29(20-11-3-1-4-12-20)28(31-17-9-2-10-18-31)30(34)26-19-25-21-13-5-7-15-23(21)27(26)24-16-8-6-14-22(24)25/h1,3-8,11-16,21,23,25-30H,2,9-10,17-19H2/t21?,23?,25-,26?,27+,28?,29?,30?/m1/s1. The zero-order valence-electron chi connectivity index (χ0n) is 19.5. The number of nitrogens with zero attached hydrogens (tertiary/aromatic N) is 1. The van der Waals surface area contributed by atoms with E-state index in [1.54, 1.807) is 0 Å². The second-order valence-corrected chi connectivity index (χ2v) is 13.3. The minimum Gasteiger partial charge on any atom is -0.297 e. The molecule has 0 amide bonds. The molecule has 1 saturated carbocycles. The molecule has 2 aromatic rings. The average molecular weight is 472 g/mol. The summed E-state index contributed by atoms with van der Waals surface area (Å²) in [6.07, 6.45) is 13.8. The Morgan fingerprint density at radius 3 is 2.21 bits per heavy atom. The molecule has 0 aromatic heterocycles. The van der Waals surface area contributed by atoms with Gasteiger partial charge in [0.05, 0.1) is 5.25 Å². The molecule has 8 atom stereocenters. The topological polar surface area (TPSA) is 37.4 Å². The molecular weight excluding hydrogens is 438 g/mol. The largest absolute Gasteiger partial charge is 0.297 e. The predicted octanol–water partition coefficient (Wildman–Crippen LogP) is 5.64. The van der Waals surface area contributed by atoms with E-state index in [9.17, 15) is 8.42 Å². The van der Waals surface area contributed by atoms with Crippen molar-refractivity contribution in [1.29, 1.82) is 0 Å². The fourth-order valence-electron chi connectivity index (χ4n) is 8.33. The van der Waals surface area contributed by atoms with Crippen molar-refractivity contribution in [2.24, 2.45) is 17.8 Å². The van der Waals surface area contributed by atoms with Crippen LogP contribution in [0.2, 0.25) is 0 Å².